The minimum atomic E-state index is -0.163. The summed E-state index contributed by atoms with van der Waals surface area (Å²) in [5, 5.41) is 0. The Hall–Kier alpha value is -0.560. The minimum Gasteiger partial charge on any atom is -0.377 e. The van der Waals surface area contributed by atoms with E-state index in [1.54, 1.807) is 7.11 Å². The Kier molecular flexibility index (Phi) is 7.41. The molecule has 3 heteroatoms. The molecule has 0 rings (SSSR count). The van der Waals surface area contributed by atoms with Crippen LogP contribution in [0, 0.1) is 12.3 Å². The summed E-state index contributed by atoms with van der Waals surface area (Å²) >= 11 is 0. The van der Waals surface area contributed by atoms with Gasteiger partial charge >= 0.3 is 0 Å². The zero-order valence-electron chi connectivity index (χ0n) is 10.2. The molecule has 1 unspecified atom stereocenters. The quantitative estimate of drug-likeness (QED) is 0.279. The first kappa shape index (κ1) is 14.4. The van der Waals surface area contributed by atoms with Crippen molar-refractivity contribution >= 4 is 0 Å². The fourth-order valence-electron chi connectivity index (χ4n) is 2.08. The molecule has 0 radical (unpaired) electrons. The van der Waals surface area contributed by atoms with E-state index >= 15 is 0 Å². The van der Waals surface area contributed by atoms with E-state index in [-0.39, 0.29) is 11.6 Å². The Bertz CT molecular complexity index is 186. The van der Waals surface area contributed by atoms with E-state index in [1.165, 1.54) is 0 Å². The Balaban J connectivity index is 4.39. The largest absolute Gasteiger partial charge is 0.377 e. The van der Waals surface area contributed by atoms with Gasteiger partial charge in [0.2, 0.25) is 0 Å². The second kappa shape index (κ2) is 7.70. The van der Waals surface area contributed by atoms with Crippen LogP contribution in [0.2, 0.25) is 0 Å². The Labute approximate surface area is 93.7 Å². The van der Waals surface area contributed by atoms with Gasteiger partial charge in [-0.3, -0.25) is 11.3 Å². The van der Waals surface area contributed by atoms with Gasteiger partial charge in [0.25, 0.3) is 0 Å². The molecule has 0 saturated carbocycles. The molecule has 0 aromatic rings. The lowest BCUT2D eigenvalue weighted by atomic mass is 9.85. The predicted octanol–water partition coefficient (Wildman–Crippen LogP) is 1.83. The lowest BCUT2D eigenvalue weighted by molar-refractivity contribution is -0.0498. The average Bonchev–Trinajstić information content (AvgIpc) is 2.29. The standard InChI is InChI=1S/C12H24N2O/c1-5-8-9-10-11(14-13)12(6-2,7-3)15-4/h1,11,14H,6-10,13H2,2-4H3. The first-order valence-corrected chi connectivity index (χ1v) is 5.65. The van der Waals surface area contributed by atoms with Gasteiger partial charge in [-0.05, 0) is 25.7 Å². The highest BCUT2D eigenvalue weighted by molar-refractivity contribution is 4.91. The summed E-state index contributed by atoms with van der Waals surface area (Å²) in [5.74, 6) is 8.23. The maximum absolute atomic E-state index is 5.63. The topological polar surface area (TPSA) is 47.3 Å². The van der Waals surface area contributed by atoms with Crippen LogP contribution in [0.5, 0.6) is 0 Å². The number of nitrogens with one attached hydrogen (secondary N) is 1. The molecular weight excluding hydrogens is 188 g/mol. The molecule has 0 aliphatic rings. The van der Waals surface area contributed by atoms with Crippen LogP contribution in [0.25, 0.3) is 0 Å². The van der Waals surface area contributed by atoms with Gasteiger partial charge in [-0.1, -0.05) is 13.8 Å². The van der Waals surface area contributed by atoms with Gasteiger partial charge in [0.15, 0.2) is 0 Å². The molecule has 0 aliphatic heterocycles. The fraction of sp³-hybridized carbons (Fsp3) is 0.833. The third-order valence-electron chi connectivity index (χ3n) is 3.25. The Morgan fingerprint density at radius 2 is 2.07 bits per heavy atom. The van der Waals surface area contributed by atoms with Crippen LogP contribution in [-0.2, 0) is 4.74 Å². The summed E-state index contributed by atoms with van der Waals surface area (Å²) in [6.45, 7) is 4.25. The van der Waals surface area contributed by atoms with Crippen molar-refractivity contribution in [3.8, 4) is 12.3 Å². The van der Waals surface area contributed by atoms with Gasteiger partial charge in [-0.15, -0.1) is 12.3 Å². The van der Waals surface area contributed by atoms with Gasteiger partial charge in [-0.2, -0.15) is 0 Å². The molecule has 3 nitrogen and oxygen atoms in total. The number of nitrogens with two attached hydrogens (primary N) is 1. The van der Waals surface area contributed by atoms with Gasteiger partial charge in [0.1, 0.15) is 0 Å². The summed E-state index contributed by atoms with van der Waals surface area (Å²) < 4.78 is 5.63. The van der Waals surface area contributed by atoms with Gasteiger partial charge in [0.05, 0.1) is 11.6 Å². The summed E-state index contributed by atoms with van der Waals surface area (Å²) in [7, 11) is 1.75. The van der Waals surface area contributed by atoms with Crippen LogP contribution in [0.1, 0.15) is 46.0 Å². The van der Waals surface area contributed by atoms with Crippen LogP contribution in [0.15, 0.2) is 0 Å². The first-order valence-electron chi connectivity index (χ1n) is 5.65. The molecule has 0 spiro atoms. The van der Waals surface area contributed by atoms with Crippen molar-refractivity contribution in [2.75, 3.05) is 7.11 Å². The van der Waals surface area contributed by atoms with Crippen molar-refractivity contribution in [2.45, 2.75) is 57.6 Å². The Morgan fingerprint density at radius 3 is 2.40 bits per heavy atom. The van der Waals surface area contributed by atoms with Gasteiger partial charge < -0.3 is 4.74 Å². The van der Waals surface area contributed by atoms with Gasteiger partial charge in [-0.25, -0.2) is 0 Å². The normalized spacial score (nSPS) is 13.5. The monoisotopic (exact) mass is 212 g/mol. The zero-order chi connectivity index (χ0) is 11.7. The molecular formula is C12H24N2O. The van der Waals surface area contributed by atoms with Crippen LogP contribution < -0.4 is 11.3 Å². The number of methoxy groups -OCH3 is 1. The van der Waals surface area contributed by atoms with Crippen LogP contribution >= 0.6 is 0 Å². The van der Waals surface area contributed by atoms with Crippen molar-refractivity contribution in [1.29, 1.82) is 0 Å². The third-order valence-corrected chi connectivity index (χ3v) is 3.25. The second-order valence-electron chi connectivity index (χ2n) is 3.79. The zero-order valence-corrected chi connectivity index (χ0v) is 10.2. The highest BCUT2D eigenvalue weighted by Gasteiger charge is 2.34. The molecule has 0 saturated heterocycles. The maximum Gasteiger partial charge on any atom is 0.0839 e. The molecule has 15 heavy (non-hydrogen) atoms. The van der Waals surface area contributed by atoms with Crippen molar-refractivity contribution in [1.82, 2.24) is 5.43 Å². The molecule has 0 aliphatic carbocycles. The smallest absolute Gasteiger partial charge is 0.0839 e. The Morgan fingerprint density at radius 1 is 1.47 bits per heavy atom. The van der Waals surface area contributed by atoms with Gasteiger partial charge in [0, 0.05) is 13.5 Å². The van der Waals surface area contributed by atoms with Crippen molar-refractivity contribution in [3.63, 3.8) is 0 Å². The highest BCUT2D eigenvalue weighted by atomic mass is 16.5. The van der Waals surface area contributed by atoms with Crippen LogP contribution in [0.3, 0.4) is 0 Å². The van der Waals surface area contributed by atoms with Crippen molar-refractivity contribution in [2.24, 2.45) is 5.84 Å². The number of hydrazine groups is 1. The fourth-order valence-corrected chi connectivity index (χ4v) is 2.08. The van der Waals surface area contributed by atoms with E-state index in [9.17, 15) is 0 Å². The molecule has 0 fully saturated rings. The number of rotatable bonds is 8. The van der Waals surface area contributed by atoms with E-state index in [1.807, 2.05) is 0 Å². The molecule has 0 aromatic heterocycles. The molecule has 0 heterocycles. The number of terminal acetylenes is 1. The molecule has 88 valence electrons. The number of unbranched alkanes of at least 4 members (excludes halogenated alkanes) is 1. The molecule has 3 N–H and O–H groups in total. The first-order chi connectivity index (χ1) is 7.20. The number of hydrogen-bond donors (Lipinski definition) is 2. The molecule has 1 atom stereocenters. The van der Waals surface area contributed by atoms with E-state index in [0.717, 1.165) is 32.1 Å². The van der Waals surface area contributed by atoms with E-state index in [2.05, 4.69) is 25.2 Å². The van der Waals surface area contributed by atoms with E-state index < -0.39 is 0 Å². The molecule has 0 amide bonds. The lowest BCUT2D eigenvalue weighted by Gasteiger charge is -2.38. The van der Waals surface area contributed by atoms with E-state index in [0.29, 0.717) is 0 Å². The minimum absolute atomic E-state index is 0.163. The van der Waals surface area contributed by atoms with Crippen LogP contribution in [-0.4, -0.2) is 18.8 Å². The molecule has 0 bridgehead atoms. The SMILES string of the molecule is C#CCCCC(NN)C(CC)(CC)OC. The maximum atomic E-state index is 5.63. The molecule has 0 aromatic carbocycles. The highest BCUT2D eigenvalue weighted by Crippen LogP contribution is 2.26. The summed E-state index contributed by atoms with van der Waals surface area (Å²) in [4.78, 5) is 0. The number of hydrogen-bond acceptors (Lipinski definition) is 3. The predicted molar refractivity (Wildman–Crippen MR) is 64.1 cm³/mol. The van der Waals surface area contributed by atoms with Crippen molar-refractivity contribution < 1.29 is 4.74 Å². The van der Waals surface area contributed by atoms with Crippen molar-refractivity contribution in [3.05, 3.63) is 0 Å². The average molecular weight is 212 g/mol. The second-order valence-corrected chi connectivity index (χ2v) is 3.79. The lowest BCUT2D eigenvalue weighted by Crippen LogP contribution is -2.53. The van der Waals surface area contributed by atoms with Crippen LogP contribution in [0.4, 0.5) is 0 Å². The summed E-state index contributed by atoms with van der Waals surface area (Å²) in [6.07, 6.45) is 9.86. The summed E-state index contributed by atoms with van der Waals surface area (Å²) in [6, 6.07) is 0.172. The third kappa shape index (κ3) is 3.83. The summed E-state index contributed by atoms with van der Waals surface area (Å²) in [5.41, 5.74) is 2.70. The van der Waals surface area contributed by atoms with E-state index in [4.69, 9.17) is 17.0 Å². The number of ether oxygens (including phenoxy) is 1.